The largest absolute Gasteiger partial charge is 0.462 e. The maximum absolute atomic E-state index is 12.0. The zero-order valence-corrected chi connectivity index (χ0v) is 30.1. The molecule has 0 aliphatic heterocycles. The van der Waals surface area contributed by atoms with Gasteiger partial charge in [0.05, 0.1) is 45.6 Å². The topological polar surface area (TPSA) is 93.1 Å². The van der Waals surface area contributed by atoms with E-state index in [0.29, 0.717) is 5.92 Å². The average Bonchev–Trinajstić information content (AvgIpc) is 3.08. The monoisotopic (exact) mass is 654 g/mol. The molecule has 0 heterocycles. The van der Waals surface area contributed by atoms with Gasteiger partial charge in [0.15, 0.2) is 0 Å². The minimum absolute atomic E-state index is 0.00940. The molecule has 7 heteroatoms. The first-order chi connectivity index (χ1) is 22.1. The molecule has 0 atom stereocenters. The number of esters is 2. The molecule has 0 aromatic heterocycles. The SMILES string of the molecule is C=C(CO)C(=O)OCC(CCC[Si](C)(C)c1ccc(C2CCC(C3CCC(CCCCC)CC3)CC2)cc1)COC(=O)C(=C)CO. The van der Waals surface area contributed by atoms with Crippen molar-refractivity contribution >= 4 is 25.2 Å². The second-order valence-electron chi connectivity index (χ2n) is 14.9. The van der Waals surface area contributed by atoms with Crippen LogP contribution in [0.15, 0.2) is 48.6 Å². The van der Waals surface area contributed by atoms with Crippen LogP contribution < -0.4 is 5.19 Å². The zero-order valence-electron chi connectivity index (χ0n) is 29.1. The third-order valence-corrected chi connectivity index (χ3v) is 14.5. The van der Waals surface area contributed by atoms with E-state index in [2.05, 4.69) is 57.4 Å². The number of carbonyl (C=O) groups excluding carboxylic acids is 2. The summed E-state index contributed by atoms with van der Waals surface area (Å²) in [6.45, 7) is 13.3. The van der Waals surface area contributed by atoms with Crippen molar-refractivity contribution in [1.82, 2.24) is 0 Å². The summed E-state index contributed by atoms with van der Waals surface area (Å²) in [6.07, 6.45) is 18.6. The van der Waals surface area contributed by atoms with Crippen molar-refractivity contribution in [3.8, 4) is 0 Å². The van der Waals surface area contributed by atoms with Crippen LogP contribution in [0.4, 0.5) is 0 Å². The molecule has 46 heavy (non-hydrogen) atoms. The van der Waals surface area contributed by atoms with E-state index in [9.17, 15) is 9.59 Å². The van der Waals surface area contributed by atoms with Gasteiger partial charge in [-0.25, -0.2) is 9.59 Å². The third-order valence-electron chi connectivity index (χ3n) is 11.0. The average molecular weight is 655 g/mol. The van der Waals surface area contributed by atoms with Gasteiger partial charge in [-0.1, -0.05) is 114 Å². The quantitative estimate of drug-likeness (QED) is 0.0683. The van der Waals surface area contributed by atoms with Crippen LogP contribution >= 0.6 is 0 Å². The first kappa shape index (κ1) is 38.2. The lowest BCUT2D eigenvalue weighted by Crippen LogP contribution is -2.41. The normalized spacial score (nSPS) is 22.0. The van der Waals surface area contributed by atoms with Crippen LogP contribution in [0.3, 0.4) is 0 Å². The molecular formula is C39H62O6Si. The molecule has 0 saturated heterocycles. The summed E-state index contributed by atoms with van der Waals surface area (Å²) >= 11 is 0. The molecule has 258 valence electrons. The highest BCUT2D eigenvalue weighted by atomic mass is 28.3. The summed E-state index contributed by atoms with van der Waals surface area (Å²) in [4.78, 5) is 24.1. The maximum Gasteiger partial charge on any atom is 0.335 e. The lowest BCUT2D eigenvalue weighted by Gasteiger charge is -2.38. The summed E-state index contributed by atoms with van der Waals surface area (Å²) in [5.74, 6) is 2.10. The molecule has 0 amide bonds. The smallest absolute Gasteiger partial charge is 0.335 e. The van der Waals surface area contributed by atoms with Crippen LogP contribution in [0.2, 0.25) is 19.1 Å². The molecule has 0 radical (unpaired) electrons. The minimum Gasteiger partial charge on any atom is -0.462 e. The lowest BCUT2D eigenvalue weighted by molar-refractivity contribution is -0.144. The second-order valence-corrected chi connectivity index (χ2v) is 19.7. The Morgan fingerprint density at radius 3 is 1.83 bits per heavy atom. The van der Waals surface area contributed by atoms with Crippen LogP contribution in [0, 0.1) is 23.7 Å². The number of aliphatic hydroxyl groups excluding tert-OH is 2. The molecule has 0 unspecified atom stereocenters. The lowest BCUT2D eigenvalue weighted by atomic mass is 9.68. The second kappa shape index (κ2) is 19.6. The zero-order chi connectivity index (χ0) is 33.5. The van der Waals surface area contributed by atoms with Crippen LogP contribution in [-0.4, -0.2) is 56.7 Å². The van der Waals surface area contributed by atoms with Crippen LogP contribution in [0.1, 0.15) is 108 Å². The van der Waals surface area contributed by atoms with Gasteiger partial charge in [0, 0.05) is 5.92 Å². The van der Waals surface area contributed by atoms with Gasteiger partial charge in [0.2, 0.25) is 0 Å². The Hall–Kier alpha value is -2.22. The maximum atomic E-state index is 12.0. The molecule has 2 N–H and O–H groups in total. The Kier molecular flexibility index (Phi) is 16.3. The number of carbonyl (C=O) groups is 2. The van der Waals surface area contributed by atoms with E-state index in [1.165, 1.54) is 87.8 Å². The van der Waals surface area contributed by atoms with E-state index in [1.807, 2.05) is 0 Å². The third kappa shape index (κ3) is 12.1. The summed E-state index contributed by atoms with van der Waals surface area (Å²) in [6, 6.07) is 10.6. The van der Waals surface area contributed by atoms with Gasteiger partial charge in [-0.2, -0.15) is 0 Å². The van der Waals surface area contributed by atoms with Crippen molar-refractivity contribution in [2.45, 2.75) is 122 Å². The predicted molar refractivity (Wildman–Crippen MR) is 190 cm³/mol. The molecule has 0 bridgehead atoms. The standard InChI is InChI=1S/C39H62O6Si/c1-6-7-8-10-31-12-14-33(15-13-31)34-16-18-35(19-17-34)36-20-22-37(23-21-36)46(4,5)24-9-11-32(27-44-38(42)29(2)25-40)28-45-39(43)30(3)26-41/h20-23,31-35,40-41H,2-3,6-19,24-28H2,1,4-5H3. The van der Waals surface area contributed by atoms with Crippen molar-refractivity contribution < 1.29 is 29.3 Å². The van der Waals surface area contributed by atoms with E-state index in [4.69, 9.17) is 19.7 Å². The number of unbranched alkanes of at least 4 members (excludes halogenated alkanes) is 2. The summed E-state index contributed by atoms with van der Waals surface area (Å²) in [5, 5.41) is 19.8. The van der Waals surface area contributed by atoms with Gasteiger partial charge < -0.3 is 19.7 Å². The number of rotatable bonds is 19. The molecule has 2 fully saturated rings. The van der Waals surface area contributed by atoms with Gasteiger partial charge in [-0.05, 0) is 74.2 Å². The first-order valence-corrected chi connectivity index (χ1v) is 21.3. The van der Waals surface area contributed by atoms with Gasteiger partial charge in [-0.3, -0.25) is 0 Å². The predicted octanol–water partition coefficient (Wildman–Crippen LogP) is 7.84. The van der Waals surface area contributed by atoms with Crippen molar-refractivity contribution in [2.24, 2.45) is 23.7 Å². The van der Waals surface area contributed by atoms with E-state index < -0.39 is 33.2 Å². The molecule has 1 aromatic carbocycles. The van der Waals surface area contributed by atoms with Crippen molar-refractivity contribution in [3.05, 3.63) is 54.1 Å². The number of ether oxygens (including phenoxy) is 2. The molecule has 1 aromatic rings. The van der Waals surface area contributed by atoms with E-state index in [0.717, 1.165) is 36.6 Å². The Labute approximate surface area is 280 Å². The van der Waals surface area contributed by atoms with Gasteiger partial charge in [0.25, 0.3) is 0 Å². The molecule has 2 saturated carbocycles. The van der Waals surface area contributed by atoms with E-state index >= 15 is 0 Å². The van der Waals surface area contributed by atoms with Crippen LogP contribution in [0.25, 0.3) is 0 Å². The Balaban J connectivity index is 1.46. The Morgan fingerprint density at radius 2 is 1.33 bits per heavy atom. The van der Waals surface area contributed by atoms with Crippen molar-refractivity contribution in [3.63, 3.8) is 0 Å². The van der Waals surface area contributed by atoms with Gasteiger partial charge in [0.1, 0.15) is 0 Å². The fraction of sp³-hybridized carbons (Fsp3) is 0.692. The minimum atomic E-state index is -1.72. The molecule has 3 rings (SSSR count). The van der Waals surface area contributed by atoms with E-state index in [-0.39, 0.29) is 30.3 Å². The molecule has 0 spiro atoms. The highest BCUT2D eigenvalue weighted by molar-refractivity contribution is 6.89. The Morgan fingerprint density at radius 1 is 0.804 bits per heavy atom. The van der Waals surface area contributed by atoms with E-state index in [1.54, 1.807) is 0 Å². The fourth-order valence-corrected chi connectivity index (χ4v) is 10.1. The van der Waals surface area contributed by atoms with Gasteiger partial charge in [-0.15, -0.1) is 0 Å². The molecule has 2 aliphatic carbocycles. The Bertz CT molecular complexity index is 1060. The summed E-state index contributed by atoms with van der Waals surface area (Å²) in [7, 11) is -1.72. The molecule has 2 aliphatic rings. The summed E-state index contributed by atoms with van der Waals surface area (Å²) < 4.78 is 10.7. The number of hydrogen-bond acceptors (Lipinski definition) is 6. The van der Waals surface area contributed by atoms with Crippen molar-refractivity contribution in [2.75, 3.05) is 26.4 Å². The number of benzene rings is 1. The highest BCUT2D eigenvalue weighted by Crippen LogP contribution is 2.44. The van der Waals surface area contributed by atoms with Gasteiger partial charge >= 0.3 is 11.9 Å². The highest BCUT2D eigenvalue weighted by Gasteiger charge is 2.31. The first-order valence-electron chi connectivity index (χ1n) is 18.1. The number of hydrogen-bond donors (Lipinski definition) is 2. The summed E-state index contributed by atoms with van der Waals surface area (Å²) in [5.41, 5.74) is 1.49. The number of aliphatic hydroxyl groups is 2. The van der Waals surface area contributed by atoms with Crippen LogP contribution in [0.5, 0.6) is 0 Å². The van der Waals surface area contributed by atoms with Crippen molar-refractivity contribution in [1.29, 1.82) is 0 Å². The molecule has 6 nitrogen and oxygen atoms in total. The molecular weight excluding hydrogens is 593 g/mol. The van der Waals surface area contributed by atoms with Crippen LogP contribution in [-0.2, 0) is 19.1 Å². The fourth-order valence-electron chi connectivity index (χ4n) is 7.67.